The lowest BCUT2D eigenvalue weighted by molar-refractivity contribution is -0.136. The van der Waals surface area contributed by atoms with Gasteiger partial charge in [-0.05, 0) is 19.1 Å². The molecule has 4 nitrogen and oxygen atoms in total. The van der Waals surface area contributed by atoms with Gasteiger partial charge in [0.05, 0.1) is 18.9 Å². The lowest BCUT2D eigenvalue weighted by Crippen LogP contribution is -1.98. The van der Waals surface area contributed by atoms with Crippen molar-refractivity contribution in [3.63, 3.8) is 0 Å². The Morgan fingerprint density at radius 3 is 2.11 bits per heavy atom. The summed E-state index contributed by atoms with van der Waals surface area (Å²) in [4.78, 5) is 21.1. The zero-order valence-electron chi connectivity index (χ0n) is 10.5. The highest BCUT2D eigenvalue weighted by atomic mass is 16.5. The van der Waals surface area contributed by atoms with E-state index in [0.29, 0.717) is 11.1 Å². The Balaban J connectivity index is 0.000000360. The summed E-state index contributed by atoms with van der Waals surface area (Å²) in [6.45, 7) is 8.24. The quantitative estimate of drug-likeness (QED) is 0.469. The van der Waals surface area contributed by atoms with Gasteiger partial charge in [0.15, 0.2) is 0 Å². The summed E-state index contributed by atoms with van der Waals surface area (Å²) < 4.78 is 8.83. The number of rotatable bonds is 3. The van der Waals surface area contributed by atoms with Gasteiger partial charge in [0.25, 0.3) is 0 Å². The molecule has 1 aromatic rings. The van der Waals surface area contributed by atoms with Gasteiger partial charge in [0.1, 0.15) is 0 Å². The van der Waals surface area contributed by atoms with Gasteiger partial charge >= 0.3 is 11.9 Å². The SMILES string of the molecule is C=C(C)C(=O)OC.C=COC(=O)c1ccccc1. The minimum atomic E-state index is -0.374. The molecule has 0 aliphatic heterocycles. The molecule has 1 aromatic carbocycles. The number of esters is 2. The monoisotopic (exact) mass is 248 g/mol. The Kier molecular flexibility index (Phi) is 7.61. The van der Waals surface area contributed by atoms with Gasteiger partial charge in [0.2, 0.25) is 0 Å². The van der Waals surface area contributed by atoms with Crippen LogP contribution >= 0.6 is 0 Å². The second kappa shape index (κ2) is 8.75. The molecule has 0 heterocycles. The molecule has 0 N–H and O–H groups in total. The fourth-order valence-corrected chi connectivity index (χ4v) is 0.892. The van der Waals surface area contributed by atoms with E-state index in [2.05, 4.69) is 22.6 Å². The number of carbonyl (C=O) groups excluding carboxylic acids is 2. The van der Waals surface area contributed by atoms with E-state index in [0.717, 1.165) is 6.26 Å². The Morgan fingerprint density at radius 1 is 1.22 bits per heavy atom. The van der Waals surface area contributed by atoms with Crippen molar-refractivity contribution in [1.82, 2.24) is 0 Å². The van der Waals surface area contributed by atoms with E-state index in [1.165, 1.54) is 7.11 Å². The molecule has 0 radical (unpaired) electrons. The number of ether oxygens (including phenoxy) is 2. The first kappa shape index (κ1) is 15.6. The van der Waals surface area contributed by atoms with Crippen molar-refractivity contribution < 1.29 is 19.1 Å². The molecule has 0 bridgehead atoms. The van der Waals surface area contributed by atoms with Crippen LogP contribution in [0, 0.1) is 0 Å². The summed E-state index contributed by atoms with van der Waals surface area (Å²) in [5.74, 6) is -0.722. The van der Waals surface area contributed by atoms with Crippen molar-refractivity contribution in [2.75, 3.05) is 7.11 Å². The Hall–Kier alpha value is -2.36. The maximum Gasteiger partial charge on any atom is 0.342 e. The van der Waals surface area contributed by atoms with Gasteiger partial charge in [-0.15, -0.1) is 0 Å². The molecule has 0 aromatic heterocycles. The van der Waals surface area contributed by atoms with Crippen LogP contribution in [-0.4, -0.2) is 19.0 Å². The Labute approximate surface area is 107 Å². The molecule has 0 amide bonds. The predicted molar refractivity (Wildman–Crippen MR) is 68.9 cm³/mol. The molecule has 0 saturated heterocycles. The number of methoxy groups -OCH3 is 1. The summed E-state index contributed by atoms with van der Waals surface area (Å²) in [5.41, 5.74) is 0.968. The van der Waals surface area contributed by atoms with Gasteiger partial charge in [-0.25, -0.2) is 9.59 Å². The third-order valence-corrected chi connectivity index (χ3v) is 1.73. The maximum atomic E-state index is 11.0. The first-order chi connectivity index (χ1) is 8.52. The van der Waals surface area contributed by atoms with Crippen molar-refractivity contribution in [2.24, 2.45) is 0 Å². The molecule has 0 atom stereocenters. The zero-order chi connectivity index (χ0) is 14.0. The number of hydrogen-bond acceptors (Lipinski definition) is 4. The van der Waals surface area contributed by atoms with Gasteiger partial charge in [-0.3, -0.25) is 0 Å². The van der Waals surface area contributed by atoms with Gasteiger partial charge < -0.3 is 9.47 Å². The first-order valence-corrected chi connectivity index (χ1v) is 5.13. The van der Waals surface area contributed by atoms with E-state index >= 15 is 0 Å². The first-order valence-electron chi connectivity index (χ1n) is 5.13. The standard InChI is InChI=1S/C9H8O2.C5H8O2/c1-2-11-9(10)8-6-4-3-5-7-8;1-4(2)5(6)7-3/h2-7H,1H2;1H2,2-3H3. The highest BCUT2D eigenvalue weighted by molar-refractivity contribution is 5.89. The lowest BCUT2D eigenvalue weighted by atomic mass is 10.2. The summed E-state index contributed by atoms with van der Waals surface area (Å²) in [5, 5.41) is 0. The Morgan fingerprint density at radius 2 is 1.78 bits per heavy atom. The second-order valence-electron chi connectivity index (χ2n) is 3.21. The molecule has 0 aliphatic carbocycles. The average Bonchev–Trinajstić information content (AvgIpc) is 2.39. The zero-order valence-corrected chi connectivity index (χ0v) is 10.5. The highest BCUT2D eigenvalue weighted by Crippen LogP contribution is 2.00. The number of benzene rings is 1. The van der Waals surface area contributed by atoms with Crippen molar-refractivity contribution in [1.29, 1.82) is 0 Å². The van der Waals surface area contributed by atoms with Crippen molar-refractivity contribution in [3.05, 3.63) is 60.9 Å². The topological polar surface area (TPSA) is 52.6 Å². The van der Waals surface area contributed by atoms with E-state index < -0.39 is 0 Å². The van der Waals surface area contributed by atoms with Gasteiger partial charge in [0, 0.05) is 5.57 Å². The molecular weight excluding hydrogens is 232 g/mol. The third-order valence-electron chi connectivity index (χ3n) is 1.73. The van der Waals surface area contributed by atoms with Gasteiger partial charge in [-0.1, -0.05) is 31.4 Å². The molecular formula is C14H16O4. The Bertz CT molecular complexity index is 421. The molecule has 0 saturated carbocycles. The van der Waals surface area contributed by atoms with Crippen LogP contribution in [0.25, 0.3) is 0 Å². The van der Waals surface area contributed by atoms with E-state index in [-0.39, 0.29) is 11.9 Å². The molecule has 96 valence electrons. The molecule has 0 spiro atoms. The number of carbonyl (C=O) groups is 2. The van der Waals surface area contributed by atoms with E-state index in [1.807, 2.05) is 6.07 Å². The van der Waals surface area contributed by atoms with Crippen LogP contribution in [-0.2, 0) is 14.3 Å². The molecule has 1 rings (SSSR count). The van der Waals surface area contributed by atoms with E-state index in [9.17, 15) is 9.59 Å². The predicted octanol–water partition coefficient (Wildman–Crippen LogP) is 2.72. The summed E-state index contributed by atoms with van der Waals surface area (Å²) in [6, 6.07) is 8.77. The summed E-state index contributed by atoms with van der Waals surface area (Å²) >= 11 is 0. The third kappa shape index (κ3) is 6.27. The molecule has 4 heteroatoms. The lowest BCUT2D eigenvalue weighted by Gasteiger charge is -1.96. The fraction of sp³-hybridized carbons (Fsp3) is 0.143. The van der Waals surface area contributed by atoms with Crippen molar-refractivity contribution in [2.45, 2.75) is 6.92 Å². The van der Waals surface area contributed by atoms with Crippen LogP contribution in [0.2, 0.25) is 0 Å². The van der Waals surface area contributed by atoms with Crippen LogP contribution in [0.5, 0.6) is 0 Å². The second-order valence-corrected chi connectivity index (χ2v) is 3.21. The van der Waals surface area contributed by atoms with Crippen LogP contribution in [0.15, 0.2) is 55.3 Å². The van der Waals surface area contributed by atoms with Crippen molar-refractivity contribution >= 4 is 11.9 Å². The summed E-state index contributed by atoms with van der Waals surface area (Å²) in [6.07, 6.45) is 1.12. The maximum absolute atomic E-state index is 11.0. The highest BCUT2D eigenvalue weighted by Gasteiger charge is 2.01. The molecule has 18 heavy (non-hydrogen) atoms. The summed E-state index contributed by atoms with van der Waals surface area (Å²) in [7, 11) is 1.33. The molecule has 0 aliphatic rings. The minimum absolute atomic E-state index is 0.347. The van der Waals surface area contributed by atoms with Crippen LogP contribution in [0.4, 0.5) is 0 Å². The van der Waals surface area contributed by atoms with E-state index in [1.54, 1.807) is 31.2 Å². The van der Waals surface area contributed by atoms with Crippen LogP contribution in [0.3, 0.4) is 0 Å². The average molecular weight is 248 g/mol. The minimum Gasteiger partial charge on any atom is -0.466 e. The largest absolute Gasteiger partial charge is 0.466 e. The van der Waals surface area contributed by atoms with Crippen LogP contribution in [0.1, 0.15) is 17.3 Å². The molecule has 0 unspecified atom stereocenters. The van der Waals surface area contributed by atoms with E-state index in [4.69, 9.17) is 0 Å². The van der Waals surface area contributed by atoms with Crippen molar-refractivity contribution in [3.8, 4) is 0 Å². The fourth-order valence-electron chi connectivity index (χ4n) is 0.892. The smallest absolute Gasteiger partial charge is 0.342 e. The van der Waals surface area contributed by atoms with Crippen LogP contribution < -0.4 is 0 Å². The van der Waals surface area contributed by atoms with Gasteiger partial charge in [-0.2, -0.15) is 0 Å². The molecule has 0 fully saturated rings. The number of hydrogen-bond donors (Lipinski definition) is 0. The normalized spacial score (nSPS) is 8.33.